The number of nitro benzene ring substituents is 1. The fraction of sp³-hybridized carbons (Fsp3) is 0.480. The van der Waals surface area contributed by atoms with Gasteiger partial charge in [-0.15, -0.1) is 0 Å². The van der Waals surface area contributed by atoms with Crippen molar-refractivity contribution in [1.82, 2.24) is 0 Å². The van der Waals surface area contributed by atoms with E-state index in [0.29, 0.717) is 5.56 Å². The Morgan fingerprint density at radius 2 is 1.86 bits per heavy atom. The van der Waals surface area contributed by atoms with E-state index >= 15 is 0 Å². The first-order valence-electron chi connectivity index (χ1n) is 11.1. The van der Waals surface area contributed by atoms with Crippen molar-refractivity contribution in [2.24, 2.45) is 0 Å². The lowest BCUT2D eigenvalue weighted by molar-refractivity contribution is -0.386. The van der Waals surface area contributed by atoms with Crippen LogP contribution >= 0.6 is 11.6 Å². The van der Waals surface area contributed by atoms with Crippen molar-refractivity contribution in [2.45, 2.75) is 63.6 Å². The summed E-state index contributed by atoms with van der Waals surface area (Å²) in [6, 6.07) is 8.05. The summed E-state index contributed by atoms with van der Waals surface area (Å²) < 4.78 is 46.3. The molecule has 10 heteroatoms. The molecule has 1 aliphatic rings. The van der Waals surface area contributed by atoms with Gasteiger partial charge in [-0.3, -0.25) is 10.1 Å². The molecule has 0 aliphatic heterocycles. The van der Waals surface area contributed by atoms with Crippen LogP contribution in [0.4, 0.5) is 14.5 Å². The third kappa shape index (κ3) is 5.56. The minimum absolute atomic E-state index is 0.00348. The van der Waals surface area contributed by atoms with Gasteiger partial charge < -0.3 is 14.2 Å². The van der Waals surface area contributed by atoms with E-state index in [2.05, 4.69) is 0 Å². The number of nitro groups is 1. The molecule has 35 heavy (non-hydrogen) atoms. The number of halogens is 3. The number of esters is 1. The summed E-state index contributed by atoms with van der Waals surface area (Å²) >= 11 is 6.01. The molecule has 2 aromatic carbocycles. The number of carbonyl (C=O) groups excluding carboxylic acids is 1. The summed E-state index contributed by atoms with van der Waals surface area (Å²) in [5.41, 5.74) is -2.13. The lowest BCUT2D eigenvalue weighted by atomic mass is 9.66. The number of nitrogens with zero attached hydrogens (tertiary/aromatic N) is 1. The Morgan fingerprint density at radius 3 is 2.46 bits per heavy atom. The van der Waals surface area contributed by atoms with E-state index in [4.69, 9.17) is 25.8 Å². The maximum absolute atomic E-state index is 14.8. The smallest absolute Gasteiger partial charge is 0.338 e. The number of rotatable bonds is 7. The van der Waals surface area contributed by atoms with E-state index in [-0.39, 0.29) is 34.9 Å². The molecule has 0 radical (unpaired) electrons. The molecule has 190 valence electrons. The molecule has 0 heterocycles. The highest BCUT2D eigenvalue weighted by atomic mass is 35.5. The van der Waals surface area contributed by atoms with E-state index in [0.717, 1.165) is 6.07 Å². The molecule has 1 unspecified atom stereocenters. The summed E-state index contributed by atoms with van der Waals surface area (Å²) in [7, 11) is 1.47. The summed E-state index contributed by atoms with van der Waals surface area (Å²) in [6.45, 7) is 6.63. The lowest BCUT2D eigenvalue weighted by Gasteiger charge is -2.44. The molecule has 7 nitrogen and oxygen atoms in total. The number of methoxy groups -OCH3 is 1. The van der Waals surface area contributed by atoms with Crippen LogP contribution < -0.4 is 4.74 Å². The van der Waals surface area contributed by atoms with Gasteiger partial charge in [0.15, 0.2) is 5.75 Å². The van der Waals surface area contributed by atoms with Crippen molar-refractivity contribution in [3.05, 3.63) is 68.2 Å². The predicted octanol–water partition coefficient (Wildman–Crippen LogP) is 6.44. The van der Waals surface area contributed by atoms with Gasteiger partial charge >= 0.3 is 11.7 Å². The van der Waals surface area contributed by atoms with Gasteiger partial charge in [-0.2, -0.15) is 0 Å². The Hall–Kier alpha value is -2.78. The maximum Gasteiger partial charge on any atom is 0.338 e. The molecule has 0 saturated heterocycles. The molecule has 0 fully saturated rings. The van der Waals surface area contributed by atoms with Crippen LogP contribution in [0.15, 0.2) is 36.4 Å². The molecule has 1 aliphatic carbocycles. The van der Waals surface area contributed by atoms with Gasteiger partial charge in [-0.1, -0.05) is 17.7 Å². The highest BCUT2D eigenvalue weighted by Crippen LogP contribution is 2.51. The fourth-order valence-electron chi connectivity index (χ4n) is 4.27. The monoisotopic (exact) mass is 511 g/mol. The molecule has 2 aromatic rings. The Balaban J connectivity index is 2.00. The van der Waals surface area contributed by atoms with Crippen molar-refractivity contribution >= 4 is 23.3 Å². The molecule has 0 aromatic heterocycles. The minimum atomic E-state index is -3.09. The first kappa shape index (κ1) is 26.8. The number of fused-ring (bicyclic) bond motifs is 1. The van der Waals surface area contributed by atoms with E-state index in [1.165, 1.54) is 37.4 Å². The minimum Gasteiger partial charge on any atom is -0.486 e. The third-order valence-electron chi connectivity index (χ3n) is 6.20. The van der Waals surface area contributed by atoms with Crippen LogP contribution in [0.5, 0.6) is 5.75 Å². The van der Waals surface area contributed by atoms with Gasteiger partial charge in [-0.25, -0.2) is 13.6 Å². The number of benzene rings is 2. The number of carbonyl (C=O) groups is 1. The van der Waals surface area contributed by atoms with Crippen LogP contribution in [0.3, 0.4) is 0 Å². The maximum atomic E-state index is 14.8. The Kier molecular flexibility index (Phi) is 7.43. The molecular formula is C25H28ClF2NO6. The second-order valence-electron chi connectivity index (χ2n) is 9.66. The van der Waals surface area contributed by atoms with Crippen LogP contribution in [0.2, 0.25) is 5.02 Å². The third-order valence-corrected chi connectivity index (χ3v) is 6.44. The molecule has 0 spiro atoms. The van der Waals surface area contributed by atoms with Crippen LogP contribution in [-0.4, -0.2) is 36.3 Å². The first-order chi connectivity index (χ1) is 16.2. The lowest BCUT2D eigenvalue weighted by Crippen LogP contribution is -2.49. The zero-order chi connectivity index (χ0) is 26.2. The standard InChI is InChI=1S/C25H28ClF2NO6/c1-15(33-5)24(10-11-25(27,28)19-13-17(26)7-8-18(19)24)14-34-21-9-6-16(12-20(21)29(31)32)22(30)35-23(2,3)4/h6-9,12-13,15H,10-11,14H2,1-5H3/t15?,24-/m1/s1. The second kappa shape index (κ2) is 9.70. The van der Waals surface area contributed by atoms with Gasteiger partial charge in [0, 0.05) is 30.2 Å². The number of alkyl halides is 2. The van der Waals surface area contributed by atoms with Crippen LogP contribution in [-0.2, 0) is 20.8 Å². The number of hydrogen-bond acceptors (Lipinski definition) is 6. The second-order valence-corrected chi connectivity index (χ2v) is 10.1. The van der Waals surface area contributed by atoms with E-state index in [1.807, 2.05) is 0 Å². The van der Waals surface area contributed by atoms with Crippen molar-refractivity contribution in [3.63, 3.8) is 0 Å². The summed E-state index contributed by atoms with van der Waals surface area (Å²) in [6.07, 6.45) is -0.997. The highest BCUT2D eigenvalue weighted by Gasteiger charge is 2.51. The Morgan fingerprint density at radius 1 is 1.17 bits per heavy atom. The van der Waals surface area contributed by atoms with E-state index in [9.17, 15) is 23.7 Å². The predicted molar refractivity (Wildman–Crippen MR) is 126 cm³/mol. The van der Waals surface area contributed by atoms with Crippen molar-refractivity contribution < 1.29 is 32.7 Å². The quantitative estimate of drug-likeness (QED) is 0.241. The summed E-state index contributed by atoms with van der Waals surface area (Å²) in [5, 5.41) is 11.9. The first-order valence-corrected chi connectivity index (χ1v) is 11.4. The number of hydrogen-bond donors (Lipinski definition) is 0. The zero-order valence-corrected chi connectivity index (χ0v) is 20.9. The van der Waals surface area contributed by atoms with Crippen LogP contribution in [0.1, 0.15) is 62.0 Å². The average Bonchev–Trinajstić information content (AvgIpc) is 2.77. The van der Waals surface area contributed by atoms with E-state index < -0.39 is 46.0 Å². The van der Waals surface area contributed by atoms with Gasteiger partial charge in [0.2, 0.25) is 0 Å². The molecule has 0 bridgehead atoms. The normalized spacial score (nSPS) is 20.0. The van der Waals surface area contributed by atoms with Crippen molar-refractivity contribution in [1.29, 1.82) is 0 Å². The van der Waals surface area contributed by atoms with Gasteiger partial charge in [0.05, 0.1) is 22.0 Å². The molecule has 2 atom stereocenters. The average molecular weight is 512 g/mol. The highest BCUT2D eigenvalue weighted by molar-refractivity contribution is 6.30. The van der Waals surface area contributed by atoms with Gasteiger partial charge in [0.25, 0.3) is 5.92 Å². The fourth-order valence-corrected chi connectivity index (χ4v) is 4.44. The summed E-state index contributed by atoms with van der Waals surface area (Å²) in [4.78, 5) is 23.5. The zero-order valence-electron chi connectivity index (χ0n) is 20.2. The Bertz CT molecular complexity index is 1130. The van der Waals surface area contributed by atoms with Gasteiger partial charge in [0.1, 0.15) is 12.2 Å². The topological polar surface area (TPSA) is 87.9 Å². The number of ether oxygens (including phenoxy) is 3. The largest absolute Gasteiger partial charge is 0.486 e. The molecular weight excluding hydrogens is 484 g/mol. The van der Waals surface area contributed by atoms with E-state index in [1.54, 1.807) is 27.7 Å². The van der Waals surface area contributed by atoms with Gasteiger partial charge in [-0.05, 0) is 63.9 Å². The van der Waals surface area contributed by atoms with Crippen molar-refractivity contribution in [2.75, 3.05) is 13.7 Å². The molecule has 0 saturated carbocycles. The Labute approximate surface area is 207 Å². The molecule has 3 rings (SSSR count). The van der Waals surface area contributed by atoms with Crippen LogP contribution in [0.25, 0.3) is 0 Å². The molecule has 0 amide bonds. The van der Waals surface area contributed by atoms with Crippen molar-refractivity contribution in [3.8, 4) is 5.75 Å². The van der Waals surface area contributed by atoms with Crippen LogP contribution in [0, 0.1) is 10.1 Å². The molecule has 0 N–H and O–H groups in total. The summed E-state index contributed by atoms with van der Waals surface area (Å²) in [5.74, 6) is -3.90. The SMILES string of the molecule is COC(C)[C@]1(COc2ccc(C(=O)OC(C)(C)C)cc2[N+](=O)[O-])CCC(F)(F)c2cc(Cl)ccc21.